The molecule has 0 unspecified atom stereocenters. The van der Waals surface area contributed by atoms with Gasteiger partial charge in [-0.3, -0.25) is 0 Å². The second-order valence-electron chi connectivity index (χ2n) is 4.24. The van der Waals surface area contributed by atoms with Crippen LogP contribution in [0.2, 0.25) is 0 Å². The van der Waals surface area contributed by atoms with Crippen LogP contribution in [-0.4, -0.2) is 23.7 Å². The first kappa shape index (κ1) is 15.6. The number of hydrogen-bond acceptors (Lipinski definition) is 3. The summed E-state index contributed by atoms with van der Waals surface area (Å²) in [5, 5.41) is 10.00. The maximum Gasteiger partial charge on any atom is 0.573 e. The topological polar surface area (TPSA) is 38.7 Å². The smallest absolute Gasteiger partial charge is 0.491 e. The van der Waals surface area contributed by atoms with Crippen LogP contribution in [-0.2, 0) is 0 Å². The monoisotopic (exact) mass is 278 g/mol. The molecule has 0 spiro atoms. The Balaban J connectivity index is 2.58. The first-order valence-electron chi connectivity index (χ1n) is 5.99. The van der Waals surface area contributed by atoms with Gasteiger partial charge in [0.15, 0.2) is 0 Å². The van der Waals surface area contributed by atoms with Crippen molar-refractivity contribution in [3.05, 3.63) is 24.3 Å². The van der Waals surface area contributed by atoms with Crippen molar-refractivity contribution in [2.45, 2.75) is 38.7 Å². The van der Waals surface area contributed by atoms with Crippen LogP contribution in [0.15, 0.2) is 24.3 Å². The highest BCUT2D eigenvalue weighted by Gasteiger charge is 2.31. The first-order chi connectivity index (χ1) is 8.78. The number of rotatable bonds is 6. The average Bonchev–Trinajstić information content (AvgIpc) is 2.36. The van der Waals surface area contributed by atoms with Crippen LogP contribution in [0.4, 0.5) is 13.2 Å². The van der Waals surface area contributed by atoms with Crippen molar-refractivity contribution in [3.8, 4) is 11.5 Å². The Morgan fingerprint density at radius 1 is 1.00 bits per heavy atom. The Morgan fingerprint density at radius 3 is 1.89 bits per heavy atom. The molecule has 19 heavy (non-hydrogen) atoms. The fourth-order valence-electron chi connectivity index (χ4n) is 1.41. The highest BCUT2D eigenvalue weighted by molar-refractivity contribution is 5.31. The van der Waals surface area contributed by atoms with Crippen molar-refractivity contribution in [3.63, 3.8) is 0 Å². The maximum absolute atomic E-state index is 12.0. The molecular formula is C13H17F3O3. The molecule has 1 aromatic carbocycles. The van der Waals surface area contributed by atoms with E-state index in [1.807, 2.05) is 13.8 Å². The van der Waals surface area contributed by atoms with Gasteiger partial charge in [-0.1, -0.05) is 13.8 Å². The molecule has 0 radical (unpaired) electrons. The zero-order valence-electron chi connectivity index (χ0n) is 10.8. The minimum absolute atomic E-state index is 0.0967. The third kappa shape index (κ3) is 5.38. The van der Waals surface area contributed by atoms with Crippen LogP contribution in [0.5, 0.6) is 11.5 Å². The van der Waals surface area contributed by atoms with Crippen molar-refractivity contribution in [1.82, 2.24) is 0 Å². The lowest BCUT2D eigenvalue weighted by Crippen LogP contribution is -2.34. The zero-order chi connectivity index (χ0) is 14.5. The Morgan fingerprint density at radius 2 is 1.47 bits per heavy atom. The van der Waals surface area contributed by atoms with E-state index in [4.69, 9.17) is 4.74 Å². The summed E-state index contributed by atoms with van der Waals surface area (Å²) >= 11 is 0. The van der Waals surface area contributed by atoms with E-state index in [1.165, 1.54) is 24.3 Å². The summed E-state index contributed by atoms with van der Waals surface area (Å²) in [6, 6.07) is 5.07. The molecule has 0 saturated heterocycles. The van der Waals surface area contributed by atoms with Crippen molar-refractivity contribution in [2.24, 2.45) is 0 Å². The van der Waals surface area contributed by atoms with Crippen molar-refractivity contribution in [1.29, 1.82) is 0 Å². The van der Waals surface area contributed by atoms with Gasteiger partial charge in [0.05, 0.1) is 5.60 Å². The summed E-state index contributed by atoms with van der Waals surface area (Å²) in [5.41, 5.74) is -0.916. The quantitative estimate of drug-likeness (QED) is 0.865. The lowest BCUT2D eigenvalue weighted by molar-refractivity contribution is -0.274. The molecule has 0 amide bonds. The summed E-state index contributed by atoms with van der Waals surface area (Å²) < 4.78 is 44.9. The molecule has 0 saturated carbocycles. The van der Waals surface area contributed by atoms with Crippen molar-refractivity contribution < 1.29 is 27.8 Å². The number of benzene rings is 1. The Labute approximate surface area is 110 Å². The highest BCUT2D eigenvalue weighted by Crippen LogP contribution is 2.25. The van der Waals surface area contributed by atoms with Gasteiger partial charge in [-0.05, 0) is 37.1 Å². The van der Waals surface area contributed by atoms with Crippen molar-refractivity contribution in [2.75, 3.05) is 6.61 Å². The van der Waals surface area contributed by atoms with Gasteiger partial charge >= 0.3 is 6.36 Å². The average molecular weight is 278 g/mol. The molecule has 0 bridgehead atoms. The van der Waals surface area contributed by atoms with Gasteiger partial charge in [0, 0.05) is 0 Å². The van der Waals surface area contributed by atoms with Crippen molar-refractivity contribution >= 4 is 0 Å². The summed E-state index contributed by atoms with van der Waals surface area (Å²) in [6.07, 6.45) is -3.62. The fraction of sp³-hybridized carbons (Fsp3) is 0.538. The van der Waals surface area contributed by atoms with E-state index in [2.05, 4.69) is 4.74 Å². The van der Waals surface area contributed by atoms with Crippen LogP contribution >= 0.6 is 0 Å². The molecule has 0 fully saturated rings. The van der Waals surface area contributed by atoms with E-state index in [-0.39, 0.29) is 12.4 Å². The minimum atomic E-state index is -4.70. The molecule has 108 valence electrons. The molecule has 0 aliphatic rings. The molecule has 0 atom stereocenters. The second kappa shape index (κ2) is 6.14. The molecule has 0 aromatic heterocycles. The van der Waals surface area contributed by atoms with Gasteiger partial charge < -0.3 is 14.6 Å². The molecule has 3 nitrogen and oxygen atoms in total. The number of halogens is 3. The number of alkyl halides is 3. The normalized spacial score (nSPS) is 12.3. The molecule has 1 aromatic rings. The molecule has 6 heteroatoms. The predicted octanol–water partition coefficient (Wildman–Crippen LogP) is 3.52. The van der Waals surface area contributed by atoms with Crippen LogP contribution in [0.3, 0.4) is 0 Å². The minimum Gasteiger partial charge on any atom is -0.491 e. The first-order valence-corrected chi connectivity index (χ1v) is 5.99. The second-order valence-corrected chi connectivity index (χ2v) is 4.24. The lowest BCUT2D eigenvalue weighted by Gasteiger charge is -2.25. The number of aliphatic hydroxyl groups is 1. The van der Waals surface area contributed by atoms with Gasteiger partial charge in [0.25, 0.3) is 0 Å². The lowest BCUT2D eigenvalue weighted by atomic mass is 9.99. The van der Waals surface area contributed by atoms with Crippen LogP contribution in [0.1, 0.15) is 26.7 Å². The van der Waals surface area contributed by atoms with E-state index in [0.717, 1.165) is 0 Å². The molecular weight excluding hydrogens is 261 g/mol. The summed E-state index contributed by atoms with van der Waals surface area (Å²) in [5.74, 6) is 0.0796. The summed E-state index contributed by atoms with van der Waals surface area (Å²) in [4.78, 5) is 0. The van der Waals surface area contributed by atoms with Gasteiger partial charge in [-0.25, -0.2) is 0 Å². The summed E-state index contributed by atoms with van der Waals surface area (Å²) in [6.45, 7) is 3.78. The Bertz CT molecular complexity index is 383. The van der Waals surface area contributed by atoms with Gasteiger partial charge in [-0.2, -0.15) is 0 Å². The largest absolute Gasteiger partial charge is 0.573 e. The predicted molar refractivity (Wildman–Crippen MR) is 64.2 cm³/mol. The fourth-order valence-corrected chi connectivity index (χ4v) is 1.41. The molecule has 0 aliphatic heterocycles. The van der Waals surface area contributed by atoms with Gasteiger partial charge in [0.1, 0.15) is 18.1 Å². The highest BCUT2D eigenvalue weighted by atomic mass is 19.4. The van der Waals surface area contributed by atoms with Gasteiger partial charge in [-0.15, -0.1) is 13.2 Å². The number of ether oxygens (including phenoxy) is 2. The molecule has 1 N–H and O–H groups in total. The van der Waals surface area contributed by atoms with E-state index >= 15 is 0 Å². The Kier molecular flexibility index (Phi) is 5.05. The van der Waals surface area contributed by atoms with Crippen LogP contribution in [0.25, 0.3) is 0 Å². The standard InChI is InChI=1S/C13H17F3O3/c1-3-12(17,4-2)9-18-10-5-7-11(8-6-10)19-13(14,15)16/h5-8,17H,3-4,9H2,1-2H3. The molecule has 0 aliphatic carbocycles. The molecule has 0 heterocycles. The van der Waals surface area contributed by atoms with E-state index in [0.29, 0.717) is 18.6 Å². The third-order valence-corrected chi connectivity index (χ3v) is 2.88. The van der Waals surface area contributed by atoms with E-state index in [1.54, 1.807) is 0 Å². The SMILES string of the molecule is CCC(O)(CC)COc1ccc(OC(F)(F)F)cc1. The van der Waals surface area contributed by atoms with Gasteiger partial charge in [0.2, 0.25) is 0 Å². The maximum atomic E-state index is 12.0. The molecule has 1 rings (SSSR count). The Hall–Kier alpha value is -1.43. The summed E-state index contributed by atoms with van der Waals surface area (Å²) in [7, 11) is 0. The van der Waals surface area contributed by atoms with E-state index < -0.39 is 12.0 Å². The zero-order valence-corrected chi connectivity index (χ0v) is 10.8. The number of hydrogen-bond donors (Lipinski definition) is 1. The third-order valence-electron chi connectivity index (χ3n) is 2.88. The van der Waals surface area contributed by atoms with Crippen LogP contribution in [0, 0.1) is 0 Å². The van der Waals surface area contributed by atoms with E-state index in [9.17, 15) is 18.3 Å². The van der Waals surface area contributed by atoms with Crippen LogP contribution < -0.4 is 9.47 Å².